The van der Waals surface area contributed by atoms with E-state index < -0.39 is 20.2 Å². The Kier molecular flexibility index (Phi) is 8.36. The third-order valence-corrected chi connectivity index (χ3v) is 6.77. The molecule has 0 aliphatic rings. The van der Waals surface area contributed by atoms with E-state index >= 15 is 0 Å². The molecule has 34 heavy (non-hydrogen) atoms. The van der Waals surface area contributed by atoms with Crippen LogP contribution in [-0.4, -0.2) is 35.9 Å². The zero-order chi connectivity index (χ0) is 24.6. The summed E-state index contributed by atoms with van der Waals surface area (Å²) in [6.07, 6.45) is 6.55. The van der Waals surface area contributed by atoms with Crippen molar-refractivity contribution in [2.45, 2.75) is 19.6 Å². The van der Waals surface area contributed by atoms with Gasteiger partial charge < -0.3 is 4.74 Å². The average Bonchev–Trinajstić information content (AvgIpc) is 2.80. The fourth-order valence-corrected chi connectivity index (χ4v) is 4.21. The van der Waals surface area contributed by atoms with Gasteiger partial charge in [0, 0.05) is 34.6 Å². The van der Waals surface area contributed by atoms with Gasteiger partial charge in [0.05, 0.1) is 9.79 Å². The predicted molar refractivity (Wildman–Crippen MR) is 125 cm³/mol. The smallest absolute Gasteiger partial charge is 0.294 e. The summed E-state index contributed by atoms with van der Waals surface area (Å²) in [7, 11) is -8.27. The van der Waals surface area contributed by atoms with Gasteiger partial charge in [-0.15, -0.1) is 0 Å². The maximum Gasteiger partial charge on any atom is 0.294 e. The predicted octanol–water partition coefficient (Wildman–Crippen LogP) is 4.60. The van der Waals surface area contributed by atoms with Gasteiger partial charge in [-0.1, -0.05) is 11.8 Å². The number of hydrogen-bond acceptors (Lipinski definition) is 8. The summed E-state index contributed by atoms with van der Waals surface area (Å²) in [5.74, 6) is 1.07. The van der Waals surface area contributed by atoms with Gasteiger partial charge in [0.1, 0.15) is 11.5 Å². The highest BCUT2D eigenvalue weighted by Crippen LogP contribution is 2.27. The van der Waals surface area contributed by atoms with Crippen LogP contribution in [0.25, 0.3) is 0 Å². The van der Waals surface area contributed by atoms with Crippen LogP contribution in [0.1, 0.15) is 0 Å². The molecule has 0 atom stereocenters. The zero-order valence-corrected chi connectivity index (χ0v) is 19.7. The van der Waals surface area contributed by atoms with E-state index in [2.05, 4.69) is 9.97 Å². The highest BCUT2D eigenvalue weighted by Gasteiger charge is 2.09. The molecule has 0 saturated carbocycles. The fourth-order valence-electron chi connectivity index (χ4n) is 2.44. The molecule has 2 heterocycles. The number of ether oxygens (including phenoxy) is 1. The summed E-state index contributed by atoms with van der Waals surface area (Å²) >= 11 is 1.49. The lowest BCUT2D eigenvalue weighted by molar-refractivity contribution is 0.477. The Balaban J connectivity index is 0.000000191. The van der Waals surface area contributed by atoms with Crippen molar-refractivity contribution in [1.82, 2.24) is 9.97 Å². The first-order chi connectivity index (χ1) is 16.1. The maximum atomic E-state index is 10.8. The lowest BCUT2D eigenvalue weighted by Gasteiger charge is -2.05. The van der Waals surface area contributed by atoms with Crippen molar-refractivity contribution in [3.63, 3.8) is 0 Å². The molecule has 12 heteroatoms. The second-order valence-corrected chi connectivity index (χ2v) is 10.5. The van der Waals surface area contributed by atoms with Crippen molar-refractivity contribution < 1.29 is 30.7 Å². The third kappa shape index (κ3) is 7.93. The molecular formula is C22H18N2O7S3. The number of benzene rings is 2. The Morgan fingerprint density at radius 1 is 0.559 bits per heavy atom. The van der Waals surface area contributed by atoms with E-state index in [1.54, 1.807) is 49.1 Å². The van der Waals surface area contributed by atoms with Gasteiger partial charge in [-0.2, -0.15) is 16.8 Å². The summed E-state index contributed by atoms with van der Waals surface area (Å²) in [6.45, 7) is 0. The molecule has 9 nitrogen and oxygen atoms in total. The van der Waals surface area contributed by atoms with Crippen molar-refractivity contribution in [3.8, 4) is 11.5 Å². The average molecular weight is 519 g/mol. The Morgan fingerprint density at radius 2 is 0.941 bits per heavy atom. The second kappa shape index (κ2) is 11.2. The normalized spacial score (nSPS) is 11.2. The molecule has 2 aromatic heterocycles. The van der Waals surface area contributed by atoms with Gasteiger partial charge >= 0.3 is 0 Å². The van der Waals surface area contributed by atoms with Gasteiger partial charge in [-0.05, 0) is 72.8 Å². The number of pyridine rings is 2. The molecule has 0 spiro atoms. The SMILES string of the molecule is O=S(=O)(O)c1ccc(Oc2ccncc2)cc1.O=S(=O)(O)c1ccc(Sc2ccncc2)cc1. The van der Waals surface area contributed by atoms with Gasteiger partial charge in [0.2, 0.25) is 0 Å². The summed E-state index contributed by atoms with van der Waals surface area (Å²) < 4.78 is 66.4. The van der Waals surface area contributed by atoms with E-state index in [1.165, 1.54) is 48.2 Å². The Hall–Kier alpha value is -3.29. The third-order valence-electron chi connectivity index (χ3n) is 4.01. The largest absolute Gasteiger partial charge is 0.457 e. The van der Waals surface area contributed by atoms with Crippen molar-refractivity contribution in [3.05, 3.63) is 97.6 Å². The summed E-state index contributed by atoms with van der Waals surface area (Å²) in [5, 5.41) is 0. The summed E-state index contributed by atoms with van der Waals surface area (Å²) in [5.41, 5.74) is 0. The standard InChI is InChI=1S/C11H9NO4S.C11H9NO3S2/c2*13-17(14,15)11-3-1-9(2-4-11)16-10-5-7-12-8-6-10/h2*1-8H,(H,13,14,15). The number of hydrogen-bond donors (Lipinski definition) is 2. The minimum absolute atomic E-state index is 0.100. The van der Waals surface area contributed by atoms with Crippen LogP contribution < -0.4 is 4.74 Å². The van der Waals surface area contributed by atoms with Crippen LogP contribution in [0.5, 0.6) is 11.5 Å². The quantitative estimate of drug-likeness (QED) is 0.347. The van der Waals surface area contributed by atoms with E-state index in [-0.39, 0.29) is 9.79 Å². The highest BCUT2D eigenvalue weighted by molar-refractivity contribution is 7.99. The van der Waals surface area contributed by atoms with Gasteiger partial charge in [-0.3, -0.25) is 19.1 Å². The monoisotopic (exact) mass is 518 g/mol. The van der Waals surface area contributed by atoms with E-state index in [4.69, 9.17) is 13.8 Å². The molecule has 176 valence electrons. The van der Waals surface area contributed by atoms with Crippen molar-refractivity contribution >= 4 is 32.0 Å². The first kappa shape index (κ1) is 25.3. The molecule has 2 N–H and O–H groups in total. The van der Waals surface area contributed by atoms with E-state index in [9.17, 15) is 16.8 Å². The molecule has 0 aliphatic carbocycles. The number of aromatic nitrogens is 2. The molecular weight excluding hydrogens is 500 g/mol. The minimum atomic E-state index is -4.16. The summed E-state index contributed by atoms with van der Waals surface area (Å²) in [6, 6.07) is 18.6. The second-order valence-electron chi connectivity index (χ2n) is 6.46. The molecule has 0 aliphatic heterocycles. The number of rotatable bonds is 6. The van der Waals surface area contributed by atoms with Crippen LogP contribution in [0.4, 0.5) is 0 Å². The first-order valence-electron chi connectivity index (χ1n) is 9.42. The van der Waals surface area contributed by atoms with Crippen LogP contribution >= 0.6 is 11.8 Å². The topological polar surface area (TPSA) is 144 Å². The lowest BCUT2D eigenvalue weighted by Crippen LogP contribution is -1.97. The van der Waals surface area contributed by atoms with Crippen LogP contribution in [0.2, 0.25) is 0 Å². The first-order valence-corrected chi connectivity index (χ1v) is 13.1. The van der Waals surface area contributed by atoms with E-state index in [0.29, 0.717) is 11.5 Å². The van der Waals surface area contributed by atoms with Gasteiger partial charge in [0.15, 0.2) is 0 Å². The van der Waals surface area contributed by atoms with Crippen LogP contribution in [0, 0.1) is 0 Å². The lowest BCUT2D eigenvalue weighted by atomic mass is 10.3. The van der Waals surface area contributed by atoms with Gasteiger partial charge in [0.25, 0.3) is 20.2 Å². The van der Waals surface area contributed by atoms with Crippen LogP contribution in [0.15, 0.2) is 117 Å². The Labute approximate surface area is 201 Å². The molecule has 0 saturated heterocycles. The van der Waals surface area contributed by atoms with Crippen LogP contribution in [-0.2, 0) is 20.2 Å². The zero-order valence-electron chi connectivity index (χ0n) is 17.3. The van der Waals surface area contributed by atoms with E-state index in [0.717, 1.165) is 9.79 Å². The van der Waals surface area contributed by atoms with Crippen molar-refractivity contribution in [2.24, 2.45) is 0 Å². The molecule has 2 aromatic carbocycles. The number of nitrogens with zero attached hydrogens (tertiary/aromatic N) is 2. The molecule has 4 rings (SSSR count). The van der Waals surface area contributed by atoms with Crippen molar-refractivity contribution in [2.75, 3.05) is 0 Å². The Morgan fingerprint density at radius 3 is 1.41 bits per heavy atom. The molecule has 0 amide bonds. The Bertz CT molecular complexity index is 1300. The van der Waals surface area contributed by atoms with Crippen LogP contribution in [0.3, 0.4) is 0 Å². The molecule has 0 unspecified atom stereocenters. The summed E-state index contributed by atoms with van der Waals surface area (Å²) in [4.78, 5) is 9.39. The van der Waals surface area contributed by atoms with Gasteiger partial charge in [-0.25, -0.2) is 0 Å². The molecule has 4 aromatic rings. The fraction of sp³-hybridized carbons (Fsp3) is 0. The minimum Gasteiger partial charge on any atom is -0.457 e. The molecule has 0 radical (unpaired) electrons. The molecule has 0 fully saturated rings. The molecule has 0 bridgehead atoms. The van der Waals surface area contributed by atoms with Crippen molar-refractivity contribution in [1.29, 1.82) is 0 Å². The van der Waals surface area contributed by atoms with E-state index in [1.807, 2.05) is 12.1 Å². The highest BCUT2D eigenvalue weighted by atomic mass is 32.2. The maximum absolute atomic E-state index is 10.8.